The van der Waals surface area contributed by atoms with Crippen LogP contribution in [0.4, 0.5) is 0 Å². The number of rotatable bonds is 1. The number of hydrogen-bond acceptors (Lipinski definition) is 3. The maximum absolute atomic E-state index is 11.0. The Morgan fingerprint density at radius 2 is 1.94 bits per heavy atom. The van der Waals surface area contributed by atoms with E-state index < -0.39 is 0 Å². The Morgan fingerprint density at radius 1 is 1.31 bits per heavy atom. The average molecular weight is 225 g/mol. The van der Waals surface area contributed by atoms with Crippen molar-refractivity contribution >= 4 is 5.78 Å². The summed E-state index contributed by atoms with van der Waals surface area (Å²) in [6.07, 6.45) is 3.91. The molecule has 2 rings (SSSR count). The van der Waals surface area contributed by atoms with Crippen molar-refractivity contribution < 1.29 is 9.21 Å². The molecule has 1 atom stereocenters. The van der Waals surface area contributed by atoms with Gasteiger partial charge in [0.15, 0.2) is 5.89 Å². The van der Waals surface area contributed by atoms with Crippen molar-refractivity contribution in [3.63, 3.8) is 0 Å². The third-order valence-corrected chi connectivity index (χ3v) is 2.23. The number of oxazole rings is 1. The van der Waals surface area contributed by atoms with Gasteiger partial charge in [0, 0.05) is 18.8 Å². The van der Waals surface area contributed by atoms with Gasteiger partial charge in [0.25, 0.3) is 0 Å². The van der Waals surface area contributed by atoms with E-state index in [0.29, 0.717) is 18.6 Å². The molecule has 1 aliphatic rings. The molecule has 92 valence electrons. The molecule has 1 aromatic heterocycles. The summed E-state index contributed by atoms with van der Waals surface area (Å²) in [5.74, 6) is 2.13. The van der Waals surface area contributed by atoms with Gasteiger partial charge in [-0.05, 0) is 13.3 Å². The van der Waals surface area contributed by atoms with E-state index in [1.807, 2.05) is 34.6 Å². The van der Waals surface area contributed by atoms with Crippen molar-refractivity contribution in [1.82, 2.24) is 4.98 Å². The molecule has 1 saturated carbocycles. The molecular weight excluding hydrogens is 202 g/mol. The second-order valence-electron chi connectivity index (χ2n) is 3.29. The number of ketones is 1. The van der Waals surface area contributed by atoms with Crippen LogP contribution in [-0.2, 0) is 4.79 Å². The highest BCUT2D eigenvalue weighted by Gasteiger charge is 2.26. The molecule has 0 amide bonds. The topological polar surface area (TPSA) is 43.1 Å². The minimum Gasteiger partial charge on any atom is -0.446 e. The summed E-state index contributed by atoms with van der Waals surface area (Å²) >= 11 is 0. The lowest BCUT2D eigenvalue weighted by molar-refractivity contribution is -0.117. The predicted molar refractivity (Wildman–Crippen MR) is 65.5 cm³/mol. The van der Waals surface area contributed by atoms with E-state index in [1.54, 1.807) is 6.20 Å². The van der Waals surface area contributed by atoms with Crippen LogP contribution in [0, 0.1) is 6.92 Å². The van der Waals surface area contributed by atoms with Crippen LogP contribution in [0.2, 0.25) is 0 Å². The highest BCUT2D eigenvalue weighted by Crippen LogP contribution is 2.31. The molecule has 0 bridgehead atoms. The lowest BCUT2D eigenvalue weighted by Gasteiger charge is -1.99. The third kappa shape index (κ3) is 4.17. The summed E-state index contributed by atoms with van der Waals surface area (Å²) in [4.78, 5) is 15.1. The monoisotopic (exact) mass is 225 g/mol. The average Bonchev–Trinajstić information content (AvgIpc) is 2.93. The van der Waals surface area contributed by atoms with Crippen LogP contribution in [0.15, 0.2) is 10.6 Å². The molecule has 1 unspecified atom stereocenters. The molecule has 0 N–H and O–H groups in total. The smallest absolute Gasteiger partial charge is 0.197 e. The van der Waals surface area contributed by atoms with Crippen molar-refractivity contribution in [3.8, 4) is 0 Å². The van der Waals surface area contributed by atoms with E-state index in [2.05, 4.69) is 4.98 Å². The predicted octanol–water partition coefficient (Wildman–Crippen LogP) is 3.87. The zero-order valence-corrected chi connectivity index (χ0v) is 11.0. The van der Waals surface area contributed by atoms with Gasteiger partial charge in [-0.3, -0.25) is 4.79 Å². The molecule has 0 aliphatic heterocycles. The van der Waals surface area contributed by atoms with Gasteiger partial charge in [0.1, 0.15) is 11.5 Å². The SMILES string of the molecule is CC.CC.Cc1cnc(C2CCC(=O)C2)o1. The summed E-state index contributed by atoms with van der Waals surface area (Å²) in [6.45, 7) is 9.87. The van der Waals surface area contributed by atoms with E-state index in [0.717, 1.165) is 18.1 Å². The van der Waals surface area contributed by atoms with Gasteiger partial charge in [0.2, 0.25) is 0 Å². The first kappa shape index (κ1) is 14.9. The molecule has 1 aromatic rings. The van der Waals surface area contributed by atoms with E-state index in [4.69, 9.17) is 4.42 Å². The van der Waals surface area contributed by atoms with Crippen molar-refractivity contribution in [2.45, 2.75) is 59.8 Å². The molecule has 3 heteroatoms. The highest BCUT2D eigenvalue weighted by atomic mass is 16.4. The largest absolute Gasteiger partial charge is 0.446 e. The second-order valence-corrected chi connectivity index (χ2v) is 3.29. The van der Waals surface area contributed by atoms with Gasteiger partial charge in [-0.25, -0.2) is 4.98 Å². The van der Waals surface area contributed by atoms with E-state index >= 15 is 0 Å². The first-order valence-corrected chi connectivity index (χ1v) is 6.20. The summed E-state index contributed by atoms with van der Waals surface area (Å²) in [5, 5.41) is 0. The standard InChI is InChI=1S/C9H11NO2.2C2H6/c1-6-5-10-9(12-6)7-2-3-8(11)4-7;2*1-2/h5,7H,2-4H2,1H3;2*1-2H3. The fraction of sp³-hybridized carbons (Fsp3) is 0.692. The summed E-state index contributed by atoms with van der Waals surface area (Å²) in [6, 6.07) is 0. The summed E-state index contributed by atoms with van der Waals surface area (Å²) < 4.78 is 5.35. The van der Waals surface area contributed by atoms with Crippen molar-refractivity contribution in [2.24, 2.45) is 0 Å². The fourth-order valence-corrected chi connectivity index (χ4v) is 1.59. The minimum atomic E-state index is 0.242. The van der Waals surface area contributed by atoms with Gasteiger partial charge in [-0.15, -0.1) is 0 Å². The van der Waals surface area contributed by atoms with Crippen LogP contribution in [-0.4, -0.2) is 10.8 Å². The molecule has 0 radical (unpaired) electrons. The number of aromatic nitrogens is 1. The lowest BCUT2D eigenvalue weighted by atomic mass is 10.1. The fourth-order valence-electron chi connectivity index (χ4n) is 1.59. The number of hydrogen-bond donors (Lipinski definition) is 0. The number of carbonyl (C=O) groups excluding carboxylic acids is 1. The second kappa shape index (κ2) is 8.08. The Labute approximate surface area is 98.3 Å². The first-order valence-electron chi connectivity index (χ1n) is 6.20. The Kier molecular flexibility index (Phi) is 7.52. The van der Waals surface area contributed by atoms with Crippen LogP contribution >= 0.6 is 0 Å². The van der Waals surface area contributed by atoms with Gasteiger partial charge >= 0.3 is 0 Å². The van der Waals surface area contributed by atoms with Crippen LogP contribution in [0.5, 0.6) is 0 Å². The Bertz CT molecular complexity index is 305. The number of Topliss-reactive ketones (excluding diaryl/α,β-unsaturated/α-hetero) is 1. The number of aryl methyl sites for hydroxylation is 1. The molecule has 1 aliphatic carbocycles. The van der Waals surface area contributed by atoms with E-state index in [1.165, 1.54) is 0 Å². The molecule has 1 heterocycles. The molecule has 1 fully saturated rings. The molecular formula is C13H23NO2. The van der Waals surface area contributed by atoms with Crippen LogP contribution in [0.1, 0.15) is 64.5 Å². The van der Waals surface area contributed by atoms with Crippen molar-refractivity contribution in [1.29, 1.82) is 0 Å². The van der Waals surface area contributed by atoms with Gasteiger partial charge in [0.05, 0.1) is 6.20 Å². The van der Waals surface area contributed by atoms with Gasteiger partial charge < -0.3 is 4.42 Å². The zero-order valence-electron chi connectivity index (χ0n) is 11.0. The maximum atomic E-state index is 11.0. The molecule has 3 nitrogen and oxygen atoms in total. The summed E-state index contributed by atoms with van der Waals surface area (Å²) in [7, 11) is 0. The molecule has 0 saturated heterocycles. The molecule has 0 aromatic carbocycles. The Morgan fingerprint density at radius 3 is 2.31 bits per heavy atom. The Hall–Kier alpha value is -1.12. The maximum Gasteiger partial charge on any atom is 0.197 e. The van der Waals surface area contributed by atoms with Crippen LogP contribution in [0.25, 0.3) is 0 Å². The first-order chi connectivity index (χ1) is 7.75. The van der Waals surface area contributed by atoms with E-state index in [-0.39, 0.29) is 5.92 Å². The van der Waals surface area contributed by atoms with Crippen LogP contribution in [0.3, 0.4) is 0 Å². The number of carbonyl (C=O) groups is 1. The normalized spacial score (nSPS) is 18.3. The quantitative estimate of drug-likeness (QED) is 0.728. The third-order valence-electron chi connectivity index (χ3n) is 2.23. The number of nitrogens with zero attached hydrogens (tertiary/aromatic N) is 1. The van der Waals surface area contributed by atoms with Crippen LogP contribution < -0.4 is 0 Å². The Balaban J connectivity index is 0.000000509. The van der Waals surface area contributed by atoms with Crippen molar-refractivity contribution in [3.05, 3.63) is 17.8 Å². The van der Waals surface area contributed by atoms with E-state index in [9.17, 15) is 4.79 Å². The van der Waals surface area contributed by atoms with Gasteiger partial charge in [-0.2, -0.15) is 0 Å². The van der Waals surface area contributed by atoms with Crippen molar-refractivity contribution in [2.75, 3.05) is 0 Å². The summed E-state index contributed by atoms with van der Waals surface area (Å²) in [5.41, 5.74) is 0. The van der Waals surface area contributed by atoms with Gasteiger partial charge in [-0.1, -0.05) is 27.7 Å². The minimum absolute atomic E-state index is 0.242. The molecule has 16 heavy (non-hydrogen) atoms. The molecule has 0 spiro atoms. The highest BCUT2D eigenvalue weighted by molar-refractivity contribution is 5.81. The zero-order chi connectivity index (χ0) is 12.6. The lowest BCUT2D eigenvalue weighted by Crippen LogP contribution is -1.93.